The molecule has 4 aromatic heterocycles. The molecule has 1 aliphatic rings. The van der Waals surface area contributed by atoms with Crippen LogP contribution >= 0.6 is 0 Å². The SMILES string of the molecule is C=C(/N=C(\N=C(/C)C1C=CC=CC1)c1ccc2oc3ccccc3c2c1)n1c2ccccc2c2ccc3c4ccccc4n(-c4cccc(-c5nc6ccccc6o5)c4)c3c21. The van der Waals surface area contributed by atoms with Crippen LogP contribution in [-0.4, -0.2) is 25.7 Å². The van der Waals surface area contributed by atoms with Gasteiger partial charge in [0.1, 0.15) is 22.5 Å². The lowest BCUT2D eigenvalue weighted by Crippen LogP contribution is -2.12. The Morgan fingerprint density at radius 3 is 2.16 bits per heavy atom. The van der Waals surface area contributed by atoms with Crippen LogP contribution in [0.15, 0.2) is 201 Å². The fourth-order valence-corrected chi connectivity index (χ4v) is 9.14. The molecule has 7 heteroatoms. The normalized spacial score (nSPS) is 14.9. The van der Waals surface area contributed by atoms with Crippen LogP contribution in [-0.2, 0) is 0 Å². The standard InChI is InChI=1S/C54H37N5O2/c1-33(35-15-4-3-5-16-35)55-53(36-27-30-49-44(32-36)41-21-8-12-25-48(41)60-49)56-34(2)58-46-23-10-6-19-39(46)42-28-29-43-40-20-7-11-24-47(40)59(52(43)51(42)58)38-18-14-17-37(31-38)54-57-45-22-9-13-26-50(45)61-54/h3-15,17-32,35H,2,16H2,1H3/b55-33+,56-53-. The molecule has 12 rings (SSSR count). The van der Waals surface area contributed by atoms with Gasteiger partial charge in [-0.15, -0.1) is 0 Å². The average molecular weight is 788 g/mol. The van der Waals surface area contributed by atoms with Crippen molar-refractivity contribution in [3.8, 4) is 17.1 Å². The maximum atomic E-state index is 6.27. The molecule has 0 radical (unpaired) electrons. The van der Waals surface area contributed by atoms with E-state index < -0.39 is 0 Å². The van der Waals surface area contributed by atoms with Gasteiger partial charge in [-0.1, -0.05) is 116 Å². The van der Waals surface area contributed by atoms with E-state index in [1.54, 1.807) is 0 Å². The van der Waals surface area contributed by atoms with E-state index in [4.69, 9.17) is 30.4 Å². The quantitative estimate of drug-likeness (QED) is 0.124. The van der Waals surface area contributed by atoms with Crippen molar-refractivity contribution in [3.05, 3.63) is 188 Å². The Bertz CT molecular complexity index is 3700. The highest BCUT2D eigenvalue weighted by Crippen LogP contribution is 2.42. The Morgan fingerprint density at radius 2 is 1.34 bits per heavy atom. The molecule has 7 nitrogen and oxygen atoms in total. The number of nitrogens with zero attached hydrogens (tertiary/aromatic N) is 5. The van der Waals surface area contributed by atoms with Gasteiger partial charge < -0.3 is 13.4 Å². The number of hydrogen-bond donors (Lipinski definition) is 0. The monoisotopic (exact) mass is 787 g/mol. The molecule has 11 aromatic rings. The van der Waals surface area contributed by atoms with Gasteiger partial charge in [0, 0.05) is 60.8 Å². The smallest absolute Gasteiger partial charge is 0.227 e. The number of benzene rings is 7. The number of aromatic nitrogens is 3. The van der Waals surface area contributed by atoms with Crippen LogP contribution in [0.2, 0.25) is 0 Å². The molecule has 7 aromatic carbocycles. The third-order valence-electron chi connectivity index (χ3n) is 12.0. The largest absolute Gasteiger partial charge is 0.456 e. The molecule has 0 saturated heterocycles. The molecular weight excluding hydrogens is 751 g/mol. The summed E-state index contributed by atoms with van der Waals surface area (Å²) in [4.78, 5) is 15.6. The molecule has 0 bridgehead atoms. The Kier molecular flexibility index (Phi) is 7.90. The van der Waals surface area contributed by atoms with Crippen LogP contribution < -0.4 is 0 Å². The van der Waals surface area contributed by atoms with Gasteiger partial charge in [-0.05, 0) is 80.1 Å². The second-order valence-corrected chi connectivity index (χ2v) is 15.7. The fraction of sp³-hybridized carbons (Fsp3) is 0.0556. The predicted molar refractivity (Wildman–Crippen MR) is 252 cm³/mol. The molecule has 61 heavy (non-hydrogen) atoms. The molecular formula is C54H37N5O2. The lowest BCUT2D eigenvalue weighted by Gasteiger charge is -2.15. The van der Waals surface area contributed by atoms with E-state index in [1.165, 1.54) is 0 Å². The van der Waals surface area contributed by atoms with Crippen LogP contribution in [0.3, 0.4) is 0 Å². The summed E-state index contributed by atoms with van der Waals surface area (Å²) >= 11 is 0. The molecule has 1 atom stereocenters. The highest BCUT2D eigenvalue weighted by atomic mass is 16.3. The van der Waals surface area contributed by atoms with Gasteiger partial charge >= 0.3 is 0 Å². The van der Waals surface area contributed by atoms with Crippen LogP contribution in [0.4, 0.5) is 0 Å². The van der Waals surface area contributed by atoms with Crippen molar-refractivity contribution in [2.24, 2.45) is 15.9 Å². The van der Waals surface area contributed by atoms with Gasteiger partial charge in [0.15, 0.2) is 11.4 Å². The zero-order valence-corrected chi connectivity index (χ0v) is 33.3. The number of para-hydroxylation sites is 5. The summed E-state index contributed by atoms with van der Waals surface area (Å²) in [6.07, 6.45) is 9.47. The molecule has 0 aliphatic heterocycles. The van der Waals surface area contributed by atoms with Crippen LogP contribution in [0.25, 0.3) is 99.6 Å². The predicted octanol–water partition coefficient (Wildman–Crippen LogP) is 14.1. The van der Waals surface area contributed by atoms with Crippen molar-refractivity contribution in [2.75, 3.05) is 0 Å². The van der Waals surface area contributed by atoms with Crippen molar-refractivity contribution in [1.29, 1.82) is 0 Å². The van der Waals surface area contributed by atoms with E-state index in [2.05, 4.69) is 143 Å². The number of furan rings is 1. The fourth-order valence-electron chi connectivity index (χ4n) is 9.14. The van der Waals surface area contributed by atoms with Gasteiger partial charge in [-0.3, -0.25) is 4.57 Å². The molecule has 290 valence electrons. The summed E-state index contributed by atoms with van der Waals surface area (Å²) < 4.78 is 17.1. The summed E-state index contributed by atoms with van der Waals surface area (Å²) in [5.41, 5.74) is 11.1. The highest BCUT2D eigenvalue weighted by Gasteiger charge is 2.23. The Labute approximate surface area is 350 Å². The summed E-state index contributed by atoms with van der Waals surface area (Å²) in [5.74, 6) is 1.88. The van der Waals surface area contributed by atoms with Gasteiger partial charge in [-0.25, -0.2) is 15.0 Å². The zero-order valence-electron chi connectivity index (χ0n) is 33.3. The maximum absolute atomic E-state index is 6.27. The summed E-state index contributed by atoms with van der Waals surface area (Å²) in [6.45, 7) is 6.85. The first kappa shape index (κ1) is 35.0. The van der Waals surface area contributed by atoms with Gasteiger partial charge in [-0.2, -0.15) is 0 Å². The van der Waals surface area contributed by atoms with Crippen LogP contribution in [0, 0.1) is 5.92 Å². The number of fused-ring (bicyclic) bond motifs is 11. The van der Waals surface area contributed by atoms with Crippen molar-refractivity contribution in [1.82, 2.24) is 14.1 Å². The molecule has 0 fully saturated rings. The van der Waals surface area contributed by atoms with Crippen molar-refractivity contribution in [2.45, 2.75) is 13.3 Å². The maximum Gasteiger partial charge on any atom is 0.227 e. The number of aliphatic imine (C=N–C) groups is 2. The first-order valence-corrected chi connectivity index (χ1v) is 20.6. The first-order chi connectivity index (χ1) is 30.1. The number of hydrogen-bond acceptors (Lipinski definition) is 4. The van der Waals surface area contributed by atoms with E-state index >= 15 is 0 Å². The minimum Gasteiger partial charge on any atom is -0.456 e. The molecule has 0 amide bonds. The van der Waals surface area contributed by atoms with Crippen LogP contribution in [0.1, 0.15) is 18.9 Å². The minimum absolute atomic E-state index is 0.163. The van der Waals surface area contributed by atoms with Gasteiger partial charge in [0.05, 0.1) is 22.1 Å². The lowest BCUT2D eigenvalue weighted by molar-refractivity contribution is 0.620. The Hall–Kier alpha value is -8.03. The number of allylic oxidation sites excluding steroid dienone is 4. The summed E-state index contributed by atoms with van der Waals surface area (Å²) in [7, 11) is 0. The van der Waals surface area contributed by atoms with Crippen molar-refractivity contribution in [3.63, 3.8) is 0 Å². The second-order valence-electron chi connectivity index (χ2n) is 15.7. The lowest BCUT2D eigenvalue weighted by atomic mass is 9.96. The molecule has 1 aliphatic carbocycles. The third kappa shape index (κ3) is 5.62. The Morgan fingerprint density at radius 1 is 0.623 bits per heavy atom. The summed E-state index contributed by atoms with van der Waals surface area (Å²) in [5, 5.41) is 6.55. The van der Waals surface area contributed by atoms with E-state index in [1.807, 2.05) is 48.5 Å². The third-order valence-corrected chi connectivity index (χ3v) is 12.0. The molecule has 0 saturated carbocycles. The molecule has 0 spiro atoms. The molecule has 0 N–H and O–H groups in total. The topological polar surface area (TPSA) is 73.8 Å². The van der Waals surface area contributed by atoms with Gasteiger partial charge in [0.2, 0.25) is 5.89 Å². The van der Waals surface area contributed by atoms with Crippen LogP contribution in [0.5, 0.6) is 0 Å². The van der Waals surface area contributed by atoms with Crippen molar-refractivity contribution >= 4 is 94.0 Å². The molecule has 4 heterocycles. The number of rotatable bonds is 6. The minimum atomic E-state index is 0.163. The van der Waals surface area contributed by atoms with E-state index in [-0.39, 0.29) is 5.92 Å². The Balaban J connectivity index is 1.11. The zero-order chi connectivity index (χ0) is 40.6. The second kappa shape index (κ2) is 13.8. The van der Waals surface area contributed by atoms with E-state index in [0.717, 1.165) is 106 Å². The van der Waals surface area contributed by atoms with E-state index in [9.17, 15) is 0 Å². The molecule has 1 unspecified atom stereocenters. The summed E-state index contributed by atoms with van der Waals surface area (Å²) in [6, 6.07) is 52.3. The number of amidine groups is 1. The first-order valence-electron chi connectivity index (χ1n) is 20.6. The van der Waals surface area contributed by atoms with Gasteiger partial charge in [0.25, 0.3) is 0 Å². The van der Waals surface area contributed by atoms with E-state index in [0.29, 0.717) is 17.5 Å². The van der Waals surface area contributed by atoms with Crippen molar-refractivity contribution < 1.29 is 8.83 Å². The highest BCUT2D eigenvalue weighted by molar-refractivity contribution is 6.24. The average Bonchev–Trinajstić information content (AvgIpc) is 4.08. The number of oxazole rings is 1.